The third kappa shape index (κ3) is 3.90. The van der Waals surface area contributed by atoms with Crippen LogP contribution in [0.25, 0.3) is 0 Å². The highest BCUT2D eigenvalue weighted by Crippen LogP contribution is 2.04. The van der Waals surface area contributed by atoms with Gasteiger partial charge in [0.1, 0.15) is 6.54 Å². The quantitative estimate of drug-likeness (QED) is 0.516. The van der Waals surface area contributed by atoms with Crippen LogP contribution in [0.4, 0.5) is 0 Å². The predicted octanol–water partition coefficient (Wildman–Crippen LogP) is 1.48. The summed E-state index contributed by atoms with van der Waals surface area (Å²) in [4.78, 5) is 10.7. The zero-order chi connectivity index (χ0) is 11.1. The van der Waals surface area contributed by atoms with E-state index in [0.29, 0.717) is 6.61 Å². The van der Waals surface area contributed by atoms with Gasteiger partial charge < -0.3 is 9.84 Å². The fraction of sp³-hybridized carbons (Fsp3) is 0.818. The lowest BCUT2D eigenvalue weighted by Gasteiger charge is -1.98. The van der Waals surface area contributed by atoms with E-state index in [2.05, 4.69) is 6.92 Å². The van der Waals surface area contributed by atoms with Crippen molar-refractivity contribution < 1.29 is 19.2 Å². The molecule has 0 aromatic rings. The zero-order valence-electron chi connectivity index (χ0n) is 9.37. The van der Waals surface area contributed by atoms with Crippen LogP contribution in [0, 0.1) is 0 Å². The van der Waals surface area contributed by atoms with Gasteiger partial charge in [0, 0.05) is 6.42 Å². The monoisotopic (exact) mass is 214 g/mol. The smallest absolute Gasteiger partial charge is 0.450 e. The molecule has 0 aromatic heterocycles. The van der Waals surface area contributed by atoms with Gasteiger partial charge in [-0.1, -0.05) is 26.2 Å². The Morgan fingerprint density at radius 2 is 2.13 bits per heavy atom. The van der Waals surface area contributed by atoms with E-state index in [4.69, 9.17) is 9.84 Å². The Balaban J connectivity index is 2.25. The van der Waals surface area contributed by atoms with Gasteiger partial charge in [-0.05, 0) is 6.42 Å². The van der Waals surface area contributed by atoms with Crippen LogP contribution in [0.3, 0.4) is 0 Å². The standard InChI is InChI=1S/C11H19NO3/c1-2-3-4-5-6-7-12-8-9-15-10(12)11(13)14/h2-9H2,1H3/p+1. The fourth-order valence-electron chi connectivity index (χ4n) is 1.76. The van der Waals surface area contributed by atoms with E-state index in [0.717, 1.165) is 19.5 Å². The van der Waals surface area contributed by atoms with Crippen LogP contribution >= 0.6 is 0 Å². The Bertz CT molecular complexity index is 248. The van der Waals surface area contributed by atoms with Gasteiger partial charge in [-0.25, -0.2) is 4.79 Å². The Labute approximate surface area is 90.6 Å². The number of rotatable bonds is 7. The topological polar surface area (TPSA) is 49.5 Å². The van der Waals surface area contributed by atoms with Crippen molar-refractivity contribution in [1.29, 1.82) is 0 Å². The van der Waals surface area contributed by atoms with Crippen molar-refractivity contribution in [3.63, 3.8) is 0 Å². The lowest BCUT2D eigenvalue weighted by molar-refractivity contribution is -0.518. The Morgan fingerprint density at radius 1 is 1.40 bits per heavy atom. The van der Waals surface area contributed by atoms with Crippen LogP contribution in [0.5, 0.6) is 0 Å². The fourth-order valence-corrected chi connectivity index (χ4v) is 1.76. The first-order valence-corrected chi connectivity index (χ1v) is 5.73. The molecule has 0 spiro atoms. The van der Waals surface area contributed by atoms with Gasteiger partial charge in [0.15, 0.2) is 13.2 Å². The van der Waals surface area contributed by atoms with Gasteiger partial charge in [0.05, 0.1) is 0 Å². The maximum absolute atomic E-state index is 10.7. The molecule has 0 unspecified atom stereocenters. The zero-order valence-corrected chi connectivity index (χ0v) is 9.37. The predicted molar refractivity (Wildman–Crippen MR) is 57.3 cm³/mol. The van der Waals surface area contributed by atoms with Crippen molar-refractivity contribution >= 4 is 11.9 Å². The lowest BCUT2D eigenvalue weighted by Crippen LogP contribution is -2.24. The average Bonchev–Trinajstić information content (AvgIpc) is 2.66. The van der Waals surface area contributed by atoms with E-state index in [-0.39, 0.29) is 5.90 Å². The molecule has 0 fully saturated rings. The SMILES string of the molecule is CCCCCCC[N+]1=C(C(=O)O)OCC1. The molecular formula is C11H20NO3+. The molecule has 0 bridgehead atoms. The van der Waals surface area contributed by atoms with Gasteiger partial charge >= 0.3 is 11.9 Å². The van der Waals surface area contributed by atoms with Crippen LogP contribution in [0.1, 0.15) is 39.0 Å². The second-order valence-corrected chi connectivity index (χ2v) is 3.86. The molecule has 0 aromatic carbocycles. The minimum absolute atomic E-state index is 0.130. The first-order chi connectivity index (χ1) is 7.25. The number of carbonyl (C=O) groups is 1. The summed E-state index contributed by atoms with van der Waals surface area (Å²) in [6, 6.07) is 0. The summed E-state index contributed by atoms with van der Waals surface area (Å²) < 4.78 is 6.88. The van der Waals surface area contributed by atoms with Crippen LogP contribution in [-0.2, 0) is 9.53 Å². The van der Waals surface area contributed by atoms with E-state index in [1.54, 1.807) is 0 Å². The normalized spacial score (nSPS) is 15.5. The summed E-state index contributed by atoms with van der Waals surface area (Å²) >= 11 is 0. The number of nitrogens with zero attached hydrogens (tertiary/aromatic N) is 1. The number of unbranched alkanes of at least 4 members (excludes halogenated alkanes) is 4. The molecule has 0 amide bonds. The van der Waals surface area contributed by atoms with Crippen molar-refractivity contribution in [3.05, 3.63) is 0 Å². The Morgan fingerprint density at radius 3 is 2.80 bits per heavy atom. The molecule has 1 heterocycles. The minimum Gasteiger partial charge on any atom is -0.471 e. The maximum Gasteiger partial charge on any atom is 0.450 e. The van der Waals surface area contributed by atoms with Crippen LogP contribution in [0.2, 0.25) is 0 Å². The molecule has 86 valence electrons. The first kappa shape index (κ1) is 12.0. The summed E-state index contributed by atoms with van der Waals surface area (Å²) in [6.07, 6.45) is 5.98. The summed E-state index contributed by atoms with van der Waals surface area (Å²) in [5, 5.41) is 8.82. The highest BCUT2D eigenvalue weighted by atomic mass is 16.5. The van der Waals surface area contributed by atoms with E-state index in [1.807, 2.05) is 4.58 Å². The molecule has 1 rings (SSSR count). The molecule has 0 aliphatic carbocycles. The van der Waals surface area contributed by atoms with E-state index < -0.39 is 5.97 Å². The second-order valence-electron chi connectivity index (χ2n) is 3.86. The van der Waals surface area contributed by atoms with Gasteiger partial charge in [0.25, 0.3) is 0 Å². The summed E-state index contributed by atoms with van der Waals surface area (Å²) in [6.45, 7) is 4.22. The van der Waals surface area contributed by atoms with Crippen molar-refractivity contribution in [1.82, 2.24) is 0 Å². The van der Waals surface area contributed by atoms with Crippen LogP contribution in [0.15, 0.2) is 0 Å². The number of ether oxygens (including phenoxy) is 1. The van der Waals surface area contributed by atoms with Gasteiger partial charge in [-0.3, -0.25) is 0 Å². The van der Waals surface area contributed by atoms with Crippen molar-refractivity contribution in [2.75, 3.05) is 19.7 Å². The molecule has 1 aliphatic heterocycles. The Kier molecular flexibility index (Phi) is 5.15. The maximum atomic E-state index is 10.7. The molecule has 15 heavy (non-hydrogen) atoms. The molecule has 0 saturated heterocycles. The summed E-state index contributed by atoms with van der Waals surface area (Å²) in [7, 11) is 0. The summed E-state index contributed by atoms with van der Waals surface area (Å²) in [5.41, 5.74) is 0. The molecule has 4 heteroatoms. The average molecular weight is 214 g/mol. The first-order valence-electron chi connectivity index (χ1n) is 5.73. The van der Waals surface area contributed by atoms with Gasteiger partial charge in [-0.15, -0.1) is 0 Å². The van der Waals surface area contributed by atoms with Crippen molar-refractivity contribution in [2.24, 2.45) is 0 Å². The van der Waals surface area contributed by atoms with Crippen LogP contribution < -0.4 is 0 Å². The van der Waals surface area contributed by atoms with Gasteiger partial charge in [-0.2, -0.15) is 4.58 Å². The third-order valence-electron chi connectivity index (χ3n) is 2.60. The highest BCUT2D eigenvalue weighted by molar-refractivity contribution is 6.29. The molecule has 1 aliphatic rings. The molecule has 0 saturated carbocycles. The molecular weight excluding hydrogens is 194 g/mol. The number of carboxylic acids is 1. The minimum atomic E-state index is -0.943. The number of hydrogen-bond donors (Lipinski definition) is 1. The highest BCUT2D eigenvalue weighted by Gasteiger charge is 2.30. The molecule has 0 atom stereocenters. The second kappa shape index (κ2) is 6.43. The number of carboxylic acid groups (broad SMARTS) is 1. The summed E-state index contributed by atoms with van der Waals surface area (Å²) in [5.74, 6) is -0.813. The third-order valence-corrected chi connectivity index (χ3v) is 2.60. The largest absolute Gasteiger partial charge is 0.471 e. The van der Waals surface area contributed by atoms with E-state index >= 15 is 0 Å². The van der Waals surface area contributed by atoms with Crippen molar-refractivity contribution in [3.8, 4) is 0 Å². The molecule has 1 N–H and O–H groups in total. The number of aliphatic carboxylic acids is 1. The van der Waals surface area contributed by atoms with Gasteiger partial charge in [0.2, 0.25) is 0 Å². The van der Waals surface area contributed by atoms with E-state index in [1.165, 1.54) is 25.7 Å². The van der Waals surface area contributed by atoms with Crippen molar-refractivity contribution in [2.45, 2.75) is 39.0 Å². The Hall–Kier alpha value is -1.06. The van der Waals surface area contributed by atoms with Crippen LogP contribution in [-0.4, -0.2) is 41.2 Å². The molecule has 4 nitrogen and oxygen atoms in total. The number of hydrogen-bond acceptors (Lipinski definition) is 2. The lowest BCUT2D eigenvalue weighted by atomic mass is 10.1. The molecule has 0 radical (unpaired) electrons. The van der Waals surface area contributed by atoms with E-state index in [9.17, 15) is 4.79 Å².